The summed E-state index contributed by atoms with van der Waals surface area (Å²) in [7, 11) is 0. The smallest absolute Gasteiger partial charge is 0.267 e. The lowest BCUT2D eigenvalue weighted by Gasteiger charge is -2.33. The molecular weight excluding hydrogens is 476 g/mol. The summed E-state index contributed by atoms with van der Waals surface area (Å²) < 4.78 is 5.86. The van der Waals surface area contributed by atoms with Crippen LogP contribution in [0, 0.1) is 11.8 Å². The van der Waals surface area contributed by atoms with Gasteiger partial charge < -0.3 is 15.4 Å². The van der Waals surface area contributed by atoms with Gasteiger partial charge >= 0.3 is 0 Å². The number of anilines is 1. The molecule has 1 aliphatic heterocycles. The molecule has 7 heteroatoms. The van der Waals surface area contributed by atoms with Crippen LogP contribution in [0.1, 0.15) is 106 Å². The van der Waals surface area contributed by atoms with Crippen molar-refractivity contribution in [2.75, 3.05) is 24.7 Å². The number of hydrazone groups is 1. The maximum absolute atomic E-state index is 13.5. The molecule has 0 bridgehead atoms. The Bertz CT molecular complexity index is 882. The van der Waals surface area contributed by atoms with Gasteiger partial charge in [-0.15, -0.1) is 0 Å². The SMILES string of the molecule is CCCCCOc1ccc(N2N=C(C(=O)NCCCCC(C)C)CC2(C)C(=O)NCCCCC(C)C)cc1. The van der Waals surface area contributed by atoms with Crippen molar-refractivity contribution in [1.29, 1.82) is 0 Å². The van der Waals surface area contributed by atoms with Crippen molar-refractivity contribution in [3.05, 3.63) is 24.3 Å². The van der Waals surface area contributed by atoms with E-state index in [-0.39, 0.29) is 18.2 Å². The third-order valence-corrected chi connectivity index (χ3v) is 7.04. The lowest BCUT2D eigenvalue weighted by molar-refractivity contribution is -0.125. The van der Waals surface area contributed by atoms with Crippen LogP contribution < -0.4 is 20.4 Å². The van der Waals surface area contributed by atoms with Gasteiger partial charge in [-0.3, -0.25) is 9.59 Å². The number of nitrogens with zero attached hydrogens (tertiary/aromatic N) is 2. The fourth-order valence-electron chi connectivity index (χ4n) is 4.59. The molecule has 1 aromatic rings. The lowest BCUT2D eigenvalue weighted by Crippen LogP contribution is -2.53. The van der Waals surface area contributed by atoms with Crippen molar-refractivity contribution in [3.63, 3.8) is 0 Å². The Labute approximate surface area is 231 Å². The fraction of sp³-hybridized carbons (Fsp3) is 0.710. The Morgan fingerprint density at radius 3 is 2.11 bits per heavy atom. The number of benzene rings is 1. The monoisotopic (exact) mass is 528 g/mol. The van der Waals surface area contributed by atoms with E-state index >= 15 is 0 Å². The lowest BCUT2D eigenvalue weighted by atomic mass is 9.93. The summed E-state index contributed by atoms with van der Waals surface area (Å²) in [6.07, 6.45) is 9.94. The molecule has 38 heavy (non-hydrogen) atoms. The van der Waals surface area contributed by atoms with Crippen molar-refractivity contribution in [2.24, 2.45) is 16.9 Å². The minimum Gasteiger partial charge on any atom is -0.494 e. The van der Waals surface area contributed by atoms with E-state index in [2.05, 4.69) is 50.4 Å². The number of rotatable bonds is 18. The molecule has 0 aliphatic carbocycles. The molecule has 1 aliphatic rings. The van der Waals surface area contributed by atoms with Crippen LogP contribution in [0.4, 0.5) is 5.69 Å². The van der Waals surface area contributed by atoms with Crippen LogP contribution in [0.2, 0.25) is 0 Å². The maximum Gasteiger partial charge on any atom is 0.267 e. The number of hydrogen-bond acceptors (Lipinski definition) is 5. The van der Waals surface area contributed by atoms with Gasteiger partial charge in [0.2, 0.25) is 5.91 Å². The first-order valence-electron chi connectivity index (χ1n) is 14.8. The van der Waals surface area contributed by atoms with E-state index in [1.165, 1.54) is 0 Å². The van der Waals surface area contributed by atoms with Crippen molar-refractivity contribution in [1.82, 2.24) is 10.6 Å². The van der Waals surface area contributed by atoms with Crippen molar-refractivity contribution in [2.45, 2.75) is 111 Å². The Balaban J connectivity index is 2.09. The van der Waals surface area contributed by atoms with Crippen LogP contribution in [-0.4, -0.2) is 42.8 Å². The second-order valence-corrected chi connectivity index (χ2v) is 11.6. The van der Waals surface area contributed by atoms with Gasteiger partial charge in [-0.25, -0.2) is 5.01 Å². The predicted octanol–water partition coefficient (Wildman–Crippen LogP) is 6.47. The zero-order valence-electron chi connectivity index (χ0n) is 24.8. The van der Waals surface area contributed by atoms with Crippen LogP contribution in [0.25, 0.3) is 0 Å². The molecule has 0 fully saturated rings. The third-order valence-electron chi connectivity index (χ3n) is 7.04. The number of unbranched alkanes of at least 4 members (excludes halogenated alkanes) is 4. The highest BCUT2D eigenvalue weighted by atomic mass is 16.5. The number of nitrogens with one attached hydrogen (secondary N) is 2. The van der Waals surface area contributed by atoms with Gasteiger partial charge in [0.25, 0.3) is 5.91 Å². The third kappa shape index (κ3) is 10.3. The van der Waals surface area contributed by atoms with Crippen molar-refractivity contribution >= 4 is 23.2 Å². The van der Waals surface area contributed by atoms with Gasteiger partial charge in [0.05, 0.1) is 12.3 Å². The summed E-state index contributed by atoms with van der Waals surface area (Å²) >= 11 is 0. The number of amides is 2. The summed E-state index contributed by atoms with van der Waals surface area (Å²) in [5.74, 6) is 1.82. The molecule has 1 heterocycles. The average Bonchev–Trinajstić information content (AvgIpc) is 3.25. The van der Waals surface area contributed by atoms with Crippen LogP contribution >= 0.6 is 0 Å². The molecule has 0 saturated carbocycles. The van der Waals surface area contributed by atoms with Gasteiger partial charge in [-0.05, 0) is 62.3 Å². The molecule has 1 unspecified atom stereocenters. The largest absolute Gasteiger partial charge is 0.494 e. The Hall–Kier alpha value is -2.57. The molecule has 7 nitrogen and oxygen atoms in total. The van der Waals surface area contributed by atoms with Gasteiger partial charge in [0, 0.05) is 19.5 Å². The van der Waals surface area contributed by atoms with E-state index in [0.717, 1.165) is 69.2 Å². The minimum absolute atomic E-state index is 0.106. The molecule has 1 aromatic carbocycles. The summed E-state index contributed by atoms with van der Waals surface area (Å²) in [5, 5.41) is 12.5. The van der Waals surface area contributed by atoms with Gasteiger partial charge in [-0.2, -0.15) is 5.10 Å². The van der Waals surface area contributed by atoms with Gasteiger partial charge in [0.15, 0.2) is 0 Å². The second-order valence-electron chi connectivity index (χ2n) is 11.6. The highest BCUT2D eigenvalue weighted by Gasteiger charge is 2.47. The second kappa shape index (κ2) is 16.4. The van der Waals surface area contributed by atoms with Crippen LogP contribution in [-0.2, 0) is 9.59 Å². The predicted molar refractivity (Wildman–Crippen MR) is 158 cm³/mol. The number of carbonyl (C=O) groups excluding carboxylic acids is 2. The molecule has 0 radical (unpaired) electrons. The van der Waals surface area contributed by atoms with E-state index < -0.39 is 5.54 Å². The van der Waals surface area contributed by atoms with Crippen LogP contribution in [0.5, 0.6) is 5.75 Å². The normalized spacial score (nSPS) is 17.2. The molecule has 2 amide bonds. The Morgan fingerprint density at radius 2 is 1.53 bits per heavy atom. The van der Waals surface area contributed by atoms with Gasteiger partial charge in [0.1, 0.15) is 17.0 Å². The first kappa shape index (κ1) is 31.6. The number of ether oxygens (including phenoxy) is 1. The van der Waals surface area contributed by atoms with Crippen molar-refractivity contribution in [3.8, 4) is 5.75 Å². The minimum atomic E-state index is -0.980. The van der Waals surface area contributed by atoms with Crippen LogP contribution in [0.3, 0.4) is 0 Å². The molecule has 1 atom stereocenters. The van der Waals surface area contributed by atoms with Crippen molar-refractivity contribution < 1.29 is 14.3 Å². The summed E-state index contributed by atoms with van der Waals surface area (Å²) in [6, 6.07) is 7.65. The Morgan fingerprint density at radius 1 is 0.921 bits per heavy atom. The maximum atomic E-state index is 13.5. The number of carbonyl (C=O) groups is 2. The standard InChI is InChI=1S/C31H52N4O3/c1-7-8-13-22-38-27-18-16-26(17-19-27)35-31(6,30(37)33-21-12-10-15-25(4)5)23-28(34-35)29(36)32-20-11-9-14-24(2)3/h16-19,24-25H,7-15,20-23H2,1-6H3,(H,32,36)(H,33,37). The zero-order valence-corrected chi connectivity index (χ0v) is 24.8. The molecule has 0 aromatic heterocycles. The van der Waals surface area contributed by atoms with E-state index in [1.54, 1.807) is 5.01 Å². The first-order valence-corrected chi connectivity index (χ1v) is 14.8. The van der Waals surface area contributed by atoms with E-state index in [0.29, 0.717) is 37.2 Å². The molecule has 0 spiro atoms. The fourth-order valence-corrected chi connectivity index (χ4v) is 4.59. The van der Waals surface area contributed by atoms with E-state index in [1.807, 2.05) is 31.2 Å². The molecule has 214 valence electrons. The first-order chi connectivity index (χ1) is 18.2. The highest BCUT2D eigenvalue weighted by molar-refractivity contribution is 6.40. The van der Waals surface area contributed by atoms with Gasteiger partial charge in [-0.1, -0.05) is 73.1 Å². The summed E-state index contributed by atoms with van der Waals surface area (Å²) in [5.41, 5.74) is 0.181. The Kier molecular flexibility index (Phi) is 13.7. The quantitative estimate of drug-likeness (QED) is 0.214. The highest BCUT2D eigenvalue weighted by Crippen LogP contribution is 2.34. The number of hydrogen-bond donors (Lipinski definition) is 2. The van der Waals surface area contributed by atoms with E-state index in [4.69, 9.17) is 4.74 Å². The topological polar surface area (TPSA) is 83.0 Å². The summed E-state index contributed by atoms with van der Waals surface area (Å²) in [6.45, 7) is 14.8. The summed E-state index contributed by atoms with van der Waals surface area (Å²) in [4.78, 5) is 26.5. The molecule has 2 N–H and O–H groups in total. The van der Waals surface area contributed by atoms with E-state index in [9.17, 15) is 9.59 Å². The van der Waals surface area contributed by atoms with Crippen LogP contribution in [0.15, 0.2) is 29.4 Å². The zero-order chi connectivity index (χ0) is 28.0. The molecular formula is C31H52N4O3. The average molecular weight is 529 g/mol. The molecule has 0 saturated heterocycles. The molecule has 2 rings (SSSR count).